The Morgan fingerprint density at radius 3 is 2.17 bits per heavy atom. The number of hydrogen-bond donors (Lipinski definition) is 1. The van der Waals surface area contributed by atoms with Crippen LogP contribution >= 0.6 is 34.8 Å². The van der Waals surface area contributed by atoms with Crippen molar-refractivity contribution in [1.29, 1.82) is 0 Å². The van der Waals surface area contributed by atoms with E-state index in [9.17, 15) is 4.79 Å². The molecule has 2 aromatic carbocycles. The second-order valence-electron chi connectivity index (χ2n) is 3.62. The van der Waals surface area contributed by atoms with Gasteiger partial charge in [0.15, 0.2) is 0 Å². The van der Waals surface area contributed by atoms with Crippen LogP contribution in [0, 0.1) is 0 Å². The lowest BCUT2D eigenvalue weighted by Gasteiger charge is -2.06. The average Bonchev–Trinajstić information content (AvgIpc) is 2.27. The van der Waals surface area contributed by atoms with Gasteiger partial charge in [0.1, 0.15) is 0 Å². The van der Waals surface area contributed by atoms with Gasteiger partial charge in [0.05, 0.1) is 0 Å². The normalized spacial score (nSPS) is 10.2. The number of carbonyl (C=O) groups excluding carboxylic acids is 1. The van der Waals surface area contributed by atoms with Crippen LogP contribution in [0.25, 0.3) is 0 Å². The number of halogens is 3. The van der Waals surface area contributed by atoms with Crippen molar-refractivity contribution >= 4 is 46.4 Å². The van der Waals surface area contributed by atoms with E-state index in [1.165, 1.54) is 0 Å². The first-order valence-electron chi connectivity index (χ1n) is 5.07. The van der Waals surface area contributed by atoms with Gasteiger partial charge in [0.25, 0.3) is 5.91 Å². The molecule has 18 heavy (non-hydrogen) atoms. The van der Waals surface area contributed by atoms with Gasteiger partial charge >= 0.3 is 0 Å². The van der Waals surface area contributed by atoms with Crippen molar-refractivity contribution in [3.05, 3.63) is 63.1 Å². The van der Waals surface area contributed by atoms with Crippen LogP contribution in [-0.4, -0.2) is 5.91 Å². The van der Waals surface area contributed by atoms with Gasteiger partial charge < -0.3 is 5.32 Å². The van der Waals surface area contributed by atoms with Crippen molar-refractivity contribution < 1.29 is 4.79 Å². The van der Waals surface area contributed by atoms with Gasteiger partial charge in [-0.25, -0.2) is 0 Å². The van der Waals surface area contributed by atoms with Gasteiger partial charge in [0, 0.05) is 26.3 Å². The van der Waals surface area contributed by atoms with Gasteiger partial charge in [-0.1, -0.05) is 40.9 Å². The quantitative estimate of drug-likeness (QED) is 0.840. The summed E-state index contributed by atoms with van der Waals surface area (Å²) in [6.07, 6.45) is 0. The molecule has 0 aliphatic rings. The molecule has 92 valence electrons. The Bertz CT molecular complexity index is 578. The number of rotatable bonds is 2. The van der Waals surface area contributed by atoms with E-state index in [2.05, 4.69) is 5.32 Å². The van der Waals surface area contributed by atoms with E-state index >= 15 is 0 Å². The second-order valence-corrected chi connectivity index (χ2v) is 4.93. The van der Waals surface area contributed by atoms with Crippen LogP contribution in [-0.2, 0) is 0 Å². The van der Waals surface area contributed by atoms with E-state index in [1.807, 2.05) is 0 Å². The zero-order valence-corrected chi connectivity index (χ0v) is 11.4. The van der Waals surface area contributed by atoms with Crippen molar-refractivity contribution in [3.63, 3.8) is 0 Å². The van der Waals surface area contributed by atoms with Crippen molar-refractivity contribution in [1.82, 2.24) is 0 Å². The molecule has 0 saturated carbocycles. The second kappa shape index (κ2) is 5.61. The van der Waals surface area contributed by atoms with Crippen molar-refractivity contribution in [2.24, 2.45) is 0 Å². The van der Waals surface area contributed by atoms with Crippen LogP contribution in [0.1, 0.15) is 10.4 Å². The molecular formula is C13H8Cl3NO. The summed E-state index contributed by atoms with van der Waals surface area (Å²) in [4.78, 5) is 12.0. The van der Waals surface area contributed by atoms with Crippen LogP contribution in [0.5, 0.6) is 0 Å². The summed E-state index contributed by atoms with van der Waals surface area (Å²) >= 11 is 17.5. The Hall–Kier alpha value is -1.22. The fourth-order valence-electron chi connectivity index (χ4n) is 1.45. The Balaban J connectivity index is 2.22. The van der Waals surface area contributed by atoms with Crippen molar-refractivity contribution in [3.8, 4) is 0 Å². The van der Waals surface area contributed by atoms with Gasteiger partial charge in [-0.2, -0.15) is 0 Å². The predicted molar refractivity (Wildman–Crippen MR) is 75.9 cm³/mol. The largest absolute Gasteiger partial charge is 0.322 e. The predicted octanol–water partition coefficient (Wildman–Crippen LogP) is 4.90. The summed E-state index contributed by atoms with van der Waals surface area (Å²) < 4.78 is 0. The number of hydrogen-bond acceptors (Lipinski definition) is 1. The van der Waals surface area contributed by atoms with Gasteiger partial charge in [-0.3, -0.25) is 4.79 Å². The minimum absolute atomic E-state index is 0.290. The SMILES string of the molecule is O=C(Nc1cccc(Cl)c1)c1cc(Cl)cc(Cl)c1. The summed E-state index contributed by atoms with van der Waals surface area (Å²) in [5.41, 5.74) is 1.01. The number of nitrogens with one attached hydrogen (secondary N) is 1. The molecule has 0 heterocycles. The highest BCUT2D eigenvalue weighted by Crippen LogP contribution is 2.21. The highest BCUT2D eigenvalue weighted by molar-refractivity contribution is 6.35. The van der Waals surface area contributed by atoms with Crippen LogP contribution in [0.2, 0.25) is 15.1 Å². The molecule has 0 saturated heterocycles. The van der Waals surface area contributed by atoms with Crippen molar-refractivity contribution in [2.45, 2.75) is 0 Å². The minimum Gasteiger partial charge on any atom is -0.322 e. The van der Waals surface area contributed by atoms with Crippen LogP contribution < -0.4 is 5.32 Å². The third kappa shape index (κ3) is 3.39. The Labute approximate surface area is 119 Å². The topological polar surface area (TPSA) is 29.1 Å². The molecule has 0 unspecified atom stereocenters. The van der Waals surface area contributed by atoms with Crippen LogP contribution in [0.4, 0.5) is 5.69 Å². The van der Waals surface area contributed by atoms with E-state index in [4.69, 9.17) is 34.8 Å². The molecule has 0 spiro atoms. The molecule has 2 nitrogen and oxygen atoms in total. The fraction of sp³-hybridized carbons (Fsp3) is 0. The molecule has 2 rings (SSSR count). The molecular weight excluding hydrogens is 293 g/mol. The molecule has 0 radical (unpaired) electrons. The molecule has 1 N–H and O–H groups in total. The standard InChI is InChI=1S/C13H8Cl3NO/c14-9-2-1-3-12(7-9)17-13(18)8-4-10(15)6-11(16)5-8/h1-7H,(H,17,18). The lowest BCUT2D eigenvalue weighted by atomic mass is 10.2. The molecule has 0 bridgehead atoms. The number of amides is 1. The van der Waals surface area contributed by atoms with E-state index in [0.29, 0.717) is 26.3 Å². The summed E-state index contributed by atoms with van der Waals surface area (Å²) in [6.45, 7) is 0. The summed E-state index contributed by atoms with van der Waals surface area (Å²) in [5, 5.41) is 4.10. The van der Waals surface area contributed by atoms with Crippen LogP contribution in [0.15, 0.2) is 42.5 Å². The van der Waals surface area contributed by atoms with Gasteiger partial charge in [0.2, 0.25) is 0 Å². The Morgan fingerprint density at radius 2 is 1.56 bits per heavy atom. The monoisotopic (exact) mass is 299 g/mol. The first-order valence-corrected chi connectivity index (χ1v) is 6.21. The van der Waals surface area contributed by atoms with Gasteiger partial charge in [-0.15, -0.1) is 0 Å². The molecule has 0 aliphatic heterocycles. The molecule has 2 aromatic rings. The zero-order chi connectivity index (χ0) is 13.1. The highest BCUT2D eigenvalue weighted by Gasteiger charge is 2.08. The molecule has 1 amide bonds. The summed E-state index contributed by atoms with van der Waals surface area (Å²) in [7, 11) is 0. The van der Waals surface area contributed by atoms with E-state index in [0.717, 1.165) is 0 Å². The zero-order valence-electron chi connectivity index (χ0n) is 9.08. The van der Waals surface area contributed by atoms with E-state index in [1.54, 1.807) is 42.5 Å². The maximum atomic E-state index is 12.0. The molecule has 0 fully saturated rings. The third-order valence-electron chi connectivity index (χ3n) is 2.21. The summed E-state index contributed by atoms with van der Waals surface area (Å²) in [5.74, 6) is -0.290. The molecule has 0 aliphatic carbocycles. The minimum atomic E-state index is -0.290. The maximum Gasteiger partial charge on any atom is 0.255 e. The molecule has 0 aromatic heterocycles. The van der Waals surface area contributed by atoms with E-state index in [-0.39, 0.29) is 5.91 Å². The number of anilines is 1. The van der Waals surface area contributed by atoms with E-state index < -0.39 is 0 Å². The fourth-order valence-corrected chi connectivity index (χ4v) is 2.17. The first kappa shape index (κ1) is 13.2. The highest BCUT2D eigenvalue weighted by atomic mass is 35.5. The number of carbonyl (C=O) groups is 1. The number of benzene rings is 2. The lowest BCUT2D eigenvalue weighted by Crippen LogP contribution is -2.11. The smallest absolute Gasteiger partial charge is 0.255 e. The van der Waals surface area contributed by atoms with Crippen molar-refractivity contribution in [2.75, 3.05) is 5.32 Å². The lowest BCUT2D eigenvalue weighted by molar-refractivity contribution is 0.102. The Morgan fingerprint density at radius 1 is 0.889 bits per heavy atom. The molecule has 5 heteroatoms. The van der Waals surface area contributed by atoms with Crippen LogP contribution in [0.3, 0.4) is 0 Å². The maximum absolute atomic E-state index is 12.0. The third-order valence-corrected chi connectivity index (χ3v) is 2.88. The first-order chi connectivity index (χ1) is 8.54. The summed E-state index contributed by atoms with van der Waals surface area (Å²) in [6, 6.07) is 11.6. The Kier molecular flexibility index (Phi) is 4.12. The molecule has 0 atom stereocenters. The van der Waals surface area contributed by atoms with Gasteiger partial charge in [-0.05, 0) is 36.4 Å². The average molecular weight is 301 g/mol.